The van der Waals surface area contributed by atoms with Gasteiger partial charge in [0.05, 0.1) is 12.6 Å². The molecule has 2 aliphatic rings. The van der Waals surface area contributed by atoms with Crippen LogP contribution < -0.4 is 21.3 Å². The fraction of sp³-hybridized carbons (Fsp3) is 0.636. The van der Waals surface area contributed by atoms with E-state index in [9.17, 15) is 28.8 Å². The summed E-state index contributed by atoms with van der Waals surface area (Å²) in [6.45, 7) is 10.4. The Morgan fingerprint density at radius 2 is 1.55 bits per heavy atom. The van der Waals surface area contributed by atoms with Crippen molar-refractivity contribution in [2.24, 2.45) is 17.3 Å². The monoisotopic (exact) mass is 695 g/mol. The quantitative estimate of drug-likeness (QED) is 0.182. The normalized spacial score (nSPS) is 19.4. The molecule has 1 saturated carbocycles. The molecule has 0 bridgehead atoms. The zero-order valence-corrected chi connectivity index (χ0v) is 29.4. The maximum Gasteiger partial charge on any atom is 0.408 e. The van der Waals surface area contributed by atoms with Crippen molar-refractivity contribution < 1.29 is 33.5 Å². The number of ether oxygens (including phenoxy) is 1. The molecule has 4 N–H and O–H groups in total. The van der Waals surface area contributed by atoms with Gasteiger partial charge in [0.2, 0.25) is 23.5 Å². The third-order valence-corrected chi connectivity index (χ3v) is 8.61. The van der Waals surface area contributed by atoms with E-state index in [2.05, 4.69) is 21.3 Å². The molecule has 12 nitrogen and oxygen atoms in total. The predicted octanol–water partition coefficient (Wildman–Crippen LogP) is 3.23. The zero-order chi connectivity index (χ0) is 35.1. The van der Waals surface area contributed by atoms with Gasteiger partial charge >= 0.3 is 6.09 Å². The molecule has 47 heavy (non-hydrogen) atoms. The van der Waals surface area contributed by atoms with Crippen molar-refractivity contribution in [1.29, 1.82) is 0 Å². The van der Waals surface area contributed by atoms with Gasteiger partial charge < -0.3 is 30.9 Å². The van der Waals surface area contributed by atoms with E-state index in [1.54, 1.807) is 41.5 Å². The lowest BCUT2D eigenvalue weighted by atomic mass is 9.85. The van der Waals surface area contributed by atoms with Crippen molar-refractivity contribution in [2.45, 2.75) is 102 Å². The number of alkyl carbamates (subject to hydrolysis) is 1. The van der Waals surface area contributed by atoms with E-state index in [0.717, 1.165) is 18.4 Å². The maximum atomic E-state index is 14.0. The number of Topliss-reactive ketones (excluding diaryl/α,β-unsaturated/α-hetero) is 1. The predicted molar refractivity (Wildman–Crippen MR) is 177 cm³/mol. The van der Waals surface area contributed by atoms with Gasteiger partial charge in [-0.25, -0.2) is 4.79 Å². The molecule has 0 spiro atoms. The maximum absolute atomic E-state index is 14.0. The van der Waals surface area contributed by atoms with Gasteiger partial charge in [0.25, 0.3) is 5.91 Å². The van der Waals surface area contributed by atoms with E-state index in [0.29, 0.717) is 6.42 Å². The summed E-state index contributed by atoms with van der Waals surface area (Å²) < 4.78 is 5.38. The average molecular weight is 697 g/mol. The van der Waals surface area contributed by atoms with Crippen LogP contribution in [-0.4, -0.2) is 82.1 Å². The van der Waals surface area contributed by atoms with Crippen LogP contribution in [0.3, 0.4) is 0 Å². The number of hydrogen-bond donors (Lipinski definition) is 4. The summed E-state index contributed by atoms with van der Waals surface area (Å²) in [5.41, 5.74) is -0.703. The summed E-state index contributed by atoms with van der Waals surface area (Å²) >= 11 is 12.6. The average Bonchev–Trinajstić information content (AvgIpc) is 3.68. The van der Waals surface area contributed by atoms with Crippen LogP contribution in [0, 0.1) is 17.3 Å². The van der Waals surface area contributed by atoms with Gasteiger partial charge in [0.15, 0.2) is 0 Å². The molecule has 2 fully saturated rings. The molecule has 260 valence electrons. The Bertz CT molecular complexity index is 1310. The number of nitrogens with zero attached hydrogens (tertiary/aromatic N) is 1. The number of nitrogens with one attached hydrogen (secondary N) is 4. The number of likely N-dealkylation sites (tertiary alicyclic amines) is 1. The number of rotatable bonds is 13. The summed E-state index contributed by atoms with van der Waals surface area (Å²) in [7, 11) is 0. The van der Waals surface area contributed by atoms with Crippen LogP contribution in [0.25, 0.3) is 0 Å². The van der Waals surface area contributed by atoms with E-state index in [1.807, 2.05) is 30.3 Å². The molecule has 5 amide bonds. The topological polar surface area (TPSA) is 163 Å². The van der Waals surface area contributed by atoms with E-state index >= 15 is 0 Å². The summed E-state index contributed by atoms with van der Waals surface area (Å²) in [6, 6.07) is 5.78. The van der Waals surface area contributed by atoms with Gasteiger partial charge in [-0.1, -0.05) is 63.9 Å². The summed E-state index contributed by atoms with van der Waals surface area (Å²) in [5.74, 6) is -4.16. The van der Waals surface area contributed by atoms with Crippen LogP contribution in [0.2, 0.25) is 0 Å². The minimum Gasteiger partial charge on any atom is -0.444 e. The minimum absolute atomic E-state index is 0.125. The van der Waals surface area contributed by atoms with E-state index in [-0.39, 0.29) is 25.4 Å². The Labute approximate surface area is 286 Å². The van der Waals surface area contributed by atoms with Crippen LogP contribution in [0.1, 0.15) is 72.8 Å². The Morgan fingerprint density at radius 1 is 0.915 bits per heavy atom. The summed E-state index contributed by atoms with van der Waals surface area (Å²) in [4.78, 5) is 79.4. The second-order valence-corrected chi connectivity index (χ2v) is 15.4. The highest BCUT2D eigenvalue weighted by atomic mass is 35.5. The second kappa shape index (κ2) is 16.1. The van der Waals surface area contributed by atoms with Crippen LogP contribution in [0.4, 0.5) is 4.79 Å². The molecule has 0 radical (unpaired) electrons. The molecule has 2 unspecified atom stereocenters. The van der Waals surface area contributed by atoms with Crippen molar-refractivity contribution in [2.75, 3.05) is 13.1 Å². The smallest absolute Gasteiger partial charge is 0.408 e. The molecule has 0 aromatic heterocycles. The van der Waals surface area contributed by atoms with Gasteiger partial charge in [-0.3, -0.25) is 24.0 Å². The first kappa shape index (κ1) is 38.1. The van der Waals surface area contributed by atoms with Crippen molar-refractivity contribution >= 4 is 58.7 Å². The van der Waals surface area contributed by atoms with Crippen molar-refractivity contribution in [1.82, 2.24) is 26.2 Å². The van der Waals surface area contributed by atoms with E-state index in [4.69, 9.17) is 27.9 Å². The molecule has 1 aliphatic carbocycles. The van der Waals surface area contributed by atoms with Gasteiger partial charge in [-0.2, -0.15) is 0 Å². The summed E-state index contributed by atoms with van der Waals surface area (Å²) in [5, 5.41) is 10.4. The van der Waals surface area contributed by atoms with Gasteiger partial charge in [0, 0.05) is 19.0 Å². The number of halogens is 2. The Kier molecular flexibility index (Phi) is 13.1. The molecule has 1 aliphatic heterocycles. The van der Waals surface area contributed by atoms with Crippen LogP contribution in [-0.2, 0) is 35.3 Å². The second-order valence-electron chi connectivity index (χ2n) is 14.3. The third-order valence-electron chi connectivity index (χ3n) is 7.96. The lowest BCUT2D eigenvalue weighted by Crippen LogP contribution is -2.60. The van der Waals surface area contributed by atoms with Gasteiger partial charge in [-0.05, 0) is 50.5 Å². The SMILES string of the molecule is CC(C)(C)OC(=O)N[C@H](C(=O)N1CCC(C(Cl)Cl)[C@H]1C(=O)NC(CC1CC1)C(=O)C(=O)NCC(=O)NCc1ccccc1)C(C)(C)C. The molecule has 1 aromatic carbocycles. The molecule has 1 heterocycles. The first-order valence-corrected chi connectivity index (χ1v) is 16.8. The van der Waals surface area contributed by atoms with Crippen molar-refractivity contribution in [3.8, 4) is 0 Å². The number of carbonyl (C=O) groups excluding carboxylic acids is 6. The van der Waals surface area contributed by atoms with Crippen molar-refractivity contribution in [3.63, 3.8) is 0 Å². The molecule has 1 aromatic rings. The largest absolute Gasteiger partial charge is 0.444 e. The third kappa shape index (κ3) is 11.7. The van der Waals surface area contributed by atoms with Crippen LogP contribution in [0.15, 0.2) is 30.3 Å². The minimum atomic E-state index is -1.19. The standard InChI is InChI=1S/C33H47Cl2N5O7/c1-32(2,3)26(39-31(46)47-33(4,5)6)30(45)40-15-14-21(27(34)35)24(40)28(43)38-22(16-19-12-13-19)25(42)29(44)37-18-23(41)36-17-20-10-8-7-9-11-20/h7-11,19,21-22,24,26-27H,12-18H2,1-6H3,(H,36,41)(H,37,44)(H,38,43)(H,39,46)/t21?,22?,24-,26+/m0/s1. The van der Waals surface area contributed by atoms with Crippen LogP contribution in [0.5, 0.6) is 0 Å². The number of benzene rings is 1. The molecule has 4 atom stereocenters. The molecule has 1 saturated heterocycles. The number of carbonyl (C=O) groups is 6. The molecular formula is C33H47Cl2N5O7. The molecular weight excluding hydrogens is 649 g/mol. The highest BCUT2D eigenvalue weighted by Gasteiger charge is 2.49. The highest BCUT2D eigenvalue weighted by molar-refractivity contribution is 6.44. The highest BCUT2D eigenvalue weighted by Crippen LogP contribution is 2.36. The van der Waals surface area contributed by atoms with Gasteiger partial charge in [-0.15, -0.1) is 23.2 Å². The lowest BCUT2D eigenvalue weighted by Gasteiger charge is -2.37. The first-order valence-electron chi connectivity index (χ1n) is 15.9. The van der Waals surface area contributed by atoms with E-state index in [1.165, 1.54) is 4.90 Å². The summed E-state index contributed by atoms with van der Waals surface area (Å²) in [6.07, 6.45) is 1.42. The Morgan fingerprint density at radius 3 is 2.11 bits per heavy atom. The van der Waals surface area contributed by atoms with Gasteiger partial charge in [0.1, 0.15) is 22.5 Å². The number of ketones is 1. The number of hydrogen-bond acceptors (Lipinski definition) is 7. The lowest BCUT2D eigenvalue weighted by molar-refractivity contribution is -0.144. The first-order chi connectivity index (χ1) is 21.9. The molecule has 3 rings (SSSR count). The zero-order valence-electron chi connectivity index (χ0n) is 27.9. The Hall–Kier alpha value is -3.38. The van der Waals surface area contributed by atoms with E-state index < -0.39 is 81.9 Å². The fourth-order valence-corrected chi connectivity index (χ4v) is 5.87. The van der Waals surface area contributed by atoms with Crippen molar-refractivity contribution in [3.05, 3.63) is 35.9 Å². The number of alkyl halides is 2. The fourth-order valence-electron chi connectivity index (χ4n) is 5.34. The number of amides is 5. The molecule has 14 heteroatoms. The van der Waals surface area contributed by atoms with Crippen LogP contribution >= 0.6 is 23.2 Å². The Balaban J connectivity index is 1.72.